The third-order valence-electron chi connectivity index (χ3n) is 2.91. The molecule has 0 radical (unpaired) electrons. The van der Waals surface area contributed by atoms with Crippen molar-refractivity contribution in [2.75, 3.05) is 0 Å². The van der Waals surface area contributed by atoms with Gasteiger partial charge >= 0.3 is 0 Å². The molecule has 0 aliphatic heterocycles. The summed E-state index contributed by atoms with van der Waals surface area (Å²) in [6.07, 6.45) is 5.05. The summed E-state index contributed by atoms with van der Waals surface area (Å²) in [5, 5.41) is 13.2. The zero-order chi connectivity index (χ0) is 12.7. The Morgan fingerprint density at radius 2 is 2.12 bits per heavy atom. The Kier molecular flexibility index (Phi) is 6.38. The Morgan fingerprint density at radius 3 is 2.76 bits per heavy atom. The summed E-state index contributed by atoms with van der Waals surface area (Å²) in [5.74, 6) is 0.145. The van der Waals surface area contributed by atoms with Crippen LogP contribution in [0.5, 0.6) is 5.75 Å². The summed E-state index contributed by atoms with van der Waals surface area (Å²) in [4.78, 5) is 0. The molecule has 17 heavy (non-hydrogen) atoms. The first-order valence-corrected chi connectivity index (χ1v) is 6.72. The first-order chi connectivity index (χ1) is 8.13. The third-order valence-corrected chi connectivity index (χ3v) is 3.21. The summed E-state index contributed by atoms with van der Waals surface area (Å²) in [6.45, 7) is 5.22. The minimum Gasteiger partial charge on any atom is -0.506 e. The Balaban J connectivity index is 2.31. The number of halogens is 1. The molecule has 1 aromatic carbocycles. The van der Waals surface area contributed by atoms with E-state index in [0.717, 1.165) is 12.1 Å². The quantitative estimate of drug-likeness (QED) is 0.719. The van der Waals surface area contributed by atoms with Crippen LogP contribution in [0.15, 0.2) is 18.2 Å². The SMILES string of the molecule is CCCCCC(C)NCc1ccc(O)c(Cl)c1. The van der Waals surface area contributed by atoms with Crippen LogP contribution in [0, 0.1) is 0 Å². The second-order valence-electron chi connectivity index (χ2n) is 4.56. The van der Waals surface area contributed by atoms with Crippen molar-refractivity contribution in [2.24, 2.45) is 0 Å². The molecule has 0 aromatic heterocycles. The molecule has 0 heterocycles. The highest BCUT2D eigenvalue weighted by atomic mass is 35.5. The fraction of sp³-hybridized carbons (Fsp3) is 0.571. The highest BCUT2D eigenvalue weighted by Crippen LogP contribution is 2.23. The molecule has 0 amide bonds. The van der Waals surface area contributed by atoms with Gasteiger partial charge in [-0.05, 0) is 31.0 Å². The average molecular weight is 256 g/mol. The van der Waals surface area contributed by atoms with E-state index >= 15 is 0 Å². The van der Waals surface area contributed by atoms with E-state index in [9.17, 15) is 5.11 Å². The van der Waals surface area contributed by atoms with Gasteiger partial charge in [0.25, 0.3) is 0 Å². The Hall–Kier alpha value is -0.730. The van der Waals surface area contributed by atoms with Crippen molar-refractivity contribution in [1.82, 2.24) is 5.32 Å². The van der Waals surface area contributed by atoms with Gasteiger partial charge in [0.1, 0.15) is 5.75 Å². The van der Waals surface area contributed by atoms with Crippen LogP contribution >= 0.6 is 11.6 Å². The topological polar surface area (TPSA) is 32.3 Å². The van der Waals surface area contributed by atoms with Crippen LogP contribution in [-0.4, -0.2) is 11.1 Å². The van der Waals surface area contributed by atoms with Crippen molar-refractivity contribution in [2.45, 2.75) is 52.1 Å². The fourth-order valence-electron chi connectivity index (χ4n) is 1.76. The maximum Gasteiger partial charge on any atom is 0.134 e. The molecule has 0 saturated heterocycles. The number of aromatic hydroxyl groups is 1. The lowest BCUT2D eigenvalue weighted by molar-refractivity contribution is 0.473. The van der Waals surface area contributed by atoms with Crippen LogP contribution < -0.4 is 5.32 Å². The van der Waals surface area contributed by atoms with Crippen molar-refractivity contribution in [1.29, 1.82) is 0 Å². The van der Waals surface area contributed by atoms with Gasteiger partial charge in [-0.1, -0.05) is 43.9 Å². The van der Waals surface area contributed by atoms with E-state index in [2.05, 4.69) is 19.2 Å². The summed E-state index contributed by atoms with van der Waals surface area (Å²) < 4.78 is 0. The maximum atomic E-state index is 9.31. The molecule has 0 fully saturated rings. The van der Waals surface area contributed by atoms with Crippen molar-refractivity contribution < 1.29 is 5.11 Å². The Bertz CT molecular complexity index is 341. The molecule has 0 aliphatic carbocycles. The molecule has 0 saturated carbocycles. The van der Waals surface area contributed by atoms with E-state index in [-0.39, 0.29) is 5.75 Å². The molecule has 3 heteroatoms. The highest BCUT2D eigenvalue weighted by Gasteiger charge is 2.03. The number of hydrogen-bond donors (Lipinski definition) is 2. The van der Waals surface area contributed by atoms with E-state index in [1.54, 1.807) is 6.07 Å². The molecule has 1 unspecified atom stereocenters. The third kappa shape index (κ3) is 5.42. The normalized spacial score (nSPS) is 12.6. The highest BCUT2D eigenvalue weighted by molar-refractivity contribution is 6.32. The molecule has 96 valence electrons. The standard InChI is InChI=1S/C14H22ClNO/c1-3-4-5-6-11(2)16-10-12-7-8-14(17)13(15)9-12/h7-9,11,16-17H,3-6,10H2,1-2H3. The van der Waals surface area contributed by atoms with Crippen LogP contribution in [0.4, 0.5) is 0 Å². The van der Waals surface area contributed by atoms with Crippen LogP contribution in [0.2, 0.25) is 5.02 Å². The molecule has 2 nitrogen and oxygen atoms in total. The molecular weight excluding hydrogens is 234 g/mol. The zero-order valence-electron chi connectivity index (χ0n) is 10.7. The summed E-state index contributed by atoms with van der Waals surface area (Å²) in [6, 6.07) is 5.87. The van der Waals surface area contributed by atoms with Crippen molar-refractivity contribution in [3.05, 3.63) is 28.8 Å². The number of hydrogen-bond acceptors (Lipinski definition) is 2. The number of unbranched alkanes of at least 4 members (excludes halogenated alkanes) is 2. The first-order valence-electron chi connectivity index (χ1n) is 6.34. The van der Waals surface area contributed by atoms with Gasteiger partial charge in [-0.15, -0.1) is 0 Å². The van der Waals surface area contributed by atoms with Crippen LogP contribution in [0.3, 0.4) is 0 Å². The summed E-state index contributed by atoms with van der Waals surface area (Å²) >= 11 is 5.85. The number of nitrogens with one attached hydrogen (secondary N) is 1. The van der Waals surface area contributed by atoms with E-state index in [1.165, 1.54) is 25.7 Å². The number of phenolic OH excluding ortho intramolecular Hbond substituents is 1. The number of rotatable bonds is 7. The van der Waals surface area contributed by atoms with E-state index < -0.39 is 0 Å². The average Bonchev–Trinajstić information content (AvgIpc) is 2.31. The lowest BCUT2D eigenvalue weighted by Gasteiger charge is -2.13. The van der Waals surface area contributed by atoms with Crippen molar-refractivity contribution >= 4 is 11.6 Å². The van der Waals surface area contributed by atoms with Gasteiger partial charge in [0.15, 0.2) is 0 Å². The number of phenols is 1. The first kappa shape index (κ1) is 14.3. The van der Waals surface area contributed by atoms with E-state index in [0.29, 0.717) is 11.1 Å². The molecule has 1 atom stereocenters. The summed E-state index contributed by atoms with van der Waals surface area (Å²) in [7, 11) is 0. The Labute approximate surface area is 109 Å². The van der Waals surface area contributed by atoms with E-state index in [4.69, 9.17) is 11.6 Å². The van der Waals surface area contributed by atoms with Gasteiger partial charge in [-0.2, -0.15) is 0 Å². The van der Waals surface area contributed by atoms with Crippen molar-refractivity contribution in [3.63, 3.8) is 0 Å². The smallest absolute Gasteiger partial charge is 0.134 e. The monoisotopic (exact) mass is 255 g/mol. The van der Waals surface area contributed by atoms with Crippen LogP contribution in [-0.2, 0) is 6.54 Å². The van der Waals surface area contributed by atoms with Gasteiger partial charge in [0, 0.05) is 12.6 Å². The van der Waals surface area contributed by atoms with Gasteiger partial charge in [0.05, 0.1) is 5.02 Å². The van der Waals surface area contributed by atoms with Gasteiger partial charge in [0.2, 0.25) is 0 Å². The predicted octanol–water partition coefficient (Wildman–Crippen LogP) is 4.10. The molecule has 1 aromatic rings. The minimum absolute atomic E-state index is 0.145. The molecule has 0 spiro atoms. The zero-order valence-corrected chi connectivity index (χ0v) is 11.4. The lowest BCUT2D eigenvalue weighted by Crippen LogP contribution is -2.25. The molecule has 2 N–H and O–H groups in total. The predicted molar refractivity (Wildman–Crippen MR) is 73.6 cm³/mol. The molecule has 1 rings (SSSR count). The van der Waals surface area contributed by atoms with E-state index in [1.807, 2.05) is 12.1 Å². The molecule has 0 aliphatic rings. The number of benzene rings is 1. The van der Waals surface area contributed by atoms with Gasteiger partial charge in [-0.25, -0.2) is 0 Å². The lowest BCUT2D eigenvalue weighted by atomic mass is 10.1. The Morgan fingerprint density at radius 1 is 1.35 bits per heavy atom. The van der Waals surface area contributed by atoms with Crippen LogP contribution in [0.1, 0.15) is 45.1 Å². The van der Waals surface area contributed by atoms with Crippen LogP contribution in [0.25, 0.3) is 0 Å². The maximum absolute atomic E-state index is 9.31. The minimum atomic E-state index is 0.145. The van der Waals surface area contributed by atoms with Crippen molar-refractivity contribution in [3.8, 4) is 5.75 Å². The second kappa shape index (κ2) is 7.57. The van der Waals surface area contributed by atoms with Gasteiger partial charge in [-0.3, -0.25) is 0 Å². The second-order valence-corrected chi connectivity index (χ2v) is 4.97. The molecule has 0 bridgehead atoms. The largest absolute Gasteiger partial charge is 0.506 e. The molecular formula is C14H22ClNO. The van der Waals surface area contributed by atoms with Gasteiger partial charge < -0.3 is 10.4 Å². The summed E-state index contributed by atoms with van der Waals surface area (Å²) in [5.41, 5.74) is 1.11. The fourth-order valence-corrected chi connectivity index (χ4v) is 1.96.